The van der Waals surface area contributed by atoms with Crippen molar-refractivity contribution in [3.8, 4) is 34.5 Å². The molecule has 2 rings (SSSR count). The van der Waals surface area contributed by atoms with Crippen molar-refractivity contribution in [3.63, 3.8) is 0 Å². The number of rotatable bonds is 18. The van der Waals surface area contributed by atoms with Crippen molar-refractivity contribution in [2.45, 2.75) is 26.8 Å². The number of hydrogen-bond acceptors (Lipinski definition) is 11. The SMILES string of the molecule is CCOC(OC)Oc1c(OC)cc(C=CC(=O)C=Cc2cc(OC)c(OC(OC)OCC)c(OC)c2)cc1OC. The molecule has 0 fully saturated rings. The van der Waals surface area contributed by atoms with E-state index in [1.807, 2.05) is 13.8 Å². The smallest absolute Gasteiger partial charge is 0.315 e. The molecule has 11 heteroatoms. The maximum absolute atomic E-state index is 12.6. The van der Waals surface area contributed by atoms with E-state index in [1.165, 1.54) is 54.8 Å². The van der Waals surface area contributed by atoms with Crippen LogP contribution in [0.15, 0.2) is 36.4 Å². The van der Waals surface area contributed by atoms with Gasteiger partial charge in [0.2, 0.25) is 11.5 Å². The monoisotopic (exact) mass is 562 g/mol. The molecule has 2 aromatic rings. The summed E-state index contributed by atoms with van der Waals surface area (Å²) in [5.74, 6) is 1.87. The molecule has 0 bridgehead atoms. The molecule has 0 aliphatic carbocycles. The van der Waals surface area contributed by atoms with Crippen LogP contribution in [0.1, 0.15) is 25.0 Å². The zero-order chi connectivity index (χ0) is 29.5. The van der Waals surface area contributed by atoms with Gasteiger partial charge in [0.1, 0.15) is 0 Å². The van der Waals surface area contributed by atoms with Crippen LogP contribution >= 0.6 is 0 Å². The van der Waals surface area contributed by atoms with Crippen LogP contribution in [-0.4, -0.2) is 74.6 Å². The van der Waals surface area contributed by atoms with Crippen molar-refractivity contribution in [3.05, 3.63) is 47.5 Å². The van der Waals surface area contributed by atoms with Crippen molar-refractivity contribution in [2.24, 2.45) is 0 Å². The second kappa shape index (κ2) is 17.0. The van der Waals surface area contributed by atoms with E-state index in [1.54, 1.807) is 36.4 Å². The summed E-state index contributed by atoms with van der Waals surface area (Å²) in [5.41, 5.74) is 1.31. The Bertz CT molecular complexity index is 1010. The first-order valence-corrected chi connectivity index (χ1v) is 12.4. The van der Waals surface area contributed by atoms with Crippen molar-refractivity contribution in [1.82, 2.24) is 0 Å². The number of ketones is 1. The summed E-state index contributed by atoms with van der Waals surface area (Å²) in [6, 6.07) is 6.81. The molecule has 40 heavy (non-hydrogen) atoms. The van der Waals surface area contributed by atoms with E-state index in [4.69, 9.17) is 47.4 Å². The molecule has 220 valence electrons. The average molecular weight is 563 g/mol. The topological polar surface area (TPSA) is 109 Å². The third kappa shape index (κ3) is 9.16. The van der Waals surface area contributed by atoms with Crippen LogP contribution in [0.5, 0.6) is 34.5 Å². The molecular weight excluding hydrogens is 524 g/mol. The highest BCUT2D eigenvalue weighted by molar-refractivity contribution is 6.04. The highest BCUT2D eigenvalue weighted by Crippen LogP contribution is 2.41. The highest BCUT2D eigenvalue weighted by Gasteiger charge is 2.20. The van der Waals surface area contributed by atoms with Crippen LogP contribution in [0.25, 0.3) is 12.2 Å². The third-order valence-electron chi connectivity index (χ3n) is 5.26. The van der Waals surface area contributed by atoms with Crippen molar-refractivity contribution < 1.29 is 52.2 Å². The number of carbonyl (C=O) groups excluding carboxylic acids is 1. The number of allylic oxidation sites excluding steroid dienone is 2. The molecule has 0 aromatic heterocycles. The highest BCUT2D eigenvalue weighted by atomic mass is 16.8. The molecule has 0 aliphatic rings. The molecule has 0 amide bonds. The lowest BCUT2D eigenvalue weighted by molar-refractivity contribution is -0.232. The van der Waals surface area contributed by atoms with Gasteiger partial charge in [0.15, 0.2) is 28.8 Å². The number of ether oxygens (including phenoxy) is 10. The zero-order valence-corrected chi connectivity index (χ0v) is 24.2. The van der Waals surface area contributed by atoms with Crippen LogP contribution < -0.4 is 28.4 Å². The second-order valence-electron chi connectivity index (χ2n) is 7.77. The fraction of sp³-hybridized carbons (Fsp3) is 0.414. The first-order chi connectivity index (χ1) is 19.4. The molecule has 0 N–H and O–H groups in total. The molecule has 0 heterocycles. The maximum atomic E-state index is 12.6. The van der Waals surface area contributed by atoms with E-state index in [0.29, 0.717) is 58.8 Å². The molecule has 2 aromatic carbocycles. The summed E-state index contributed by atoms with van der Waals surface area (Å²) in [5, 5.41) is 0. The average Bonchev–Trinajstić information content (AvgIpc) is 2.98. The minimum atomic E-state index is -0.940. The van der Waals surface area contributed by atoms with E-state index < -0.39 is 13.0 Å². The van der Waals surface area contributed by atoms with Gasteiger partial charge in [0.05, 0.1) is 41.7 Å². The Kier molecular flexibility index (Phi) is 13.8. The maximum Gasteiger partial charge on any atom is 0.315 e. The van der Waals surface area contributed by atoms with Gasteiger partial charge in [-0.25, -0.2) is 0 Å². The van der Waals surface area contributed by atoms with Gasteiger partial charge in [-0.1, -0.05) is 12.2 Å². The van der Waals surface area contributed by atoms with Gasteiger partial charge in [-0.2, -0.15) is 0 Å². The van der Waals surface area contributed by atoms with Crippen LogP contribution in [0, 0.1) is 0 Å². The predicted molar refractivity (Wildman–Crippen MR) is 148 cm³/mol. The molecule has 2 unspecified atom stereocenters. The molecule has 11 nitrogen and oxygen atoms in total. The van der Waals surface area contributed by atoms with E-state index in [-0.39, 0.29) is 5.78 Å². The number of benzene rings is 2. The summed E-state index contributed by atoms with van der Waals surface area (Å²) in [7, 11) is 8.91. The van der Waals surface area contributed by atoms with Gasteiger partial charge in [-0.15, -0.1) is 0 Å². The third-order valence-corrected chi connectivity index (χ3v) is 5.26. The van der Waals surface area contributed by atoms with Crippen LogP contribution in [0.2, 0.25) is 0 Å². The van der Waals surface area contributed by atoms with Crippen LogP contribution in [0.4, 0.5) is 0 Å². The van der Waals surface area contributed by atoms with Gasteiger partial charge in [-0.05, 0) is 61.4 Å². The molecule has 0 spiro atoms. The first kappa shape index (κ1) is 32.4. The summed E-state index contributed by atoms with van der Waals surface area (Å²) in [6.07, 6.45) is 6.10. The lowest BCUT2D eigenvalue weighted by Gasteiger charge is -2.20. The molecule has 0 radical (unpaired) electrons. The fourth-order valence-corrected chi connectivity index (χ4v) is 3.40. The Balaban J connectivity index is 2.25. The van der Waals surface area contributed by atoms with E-state index >= 15 is 0 Å². The van der Waals surface area contributed by atoms with Crippen molar-refractivity contribution >= 4 is 17.9 Å². The summed E-state index contributed by atoms with van der Waals surface area (Å²) < 4.78 is 54.5. The van der Waals surface area contributed by atoms with E-state index in [9.17, 15) is 4.79 Å². The number of hydrogen-bond donors (Lipinski definition) is 0. The zero-order valence-electron chi connectivity index (χ0n) is 24.2. The Morgan fingerprint density at radius 1 is 0.625 bits per heavy atom. The minimum absolute atomic E-state index is 0.261. The molecular formula is C29H38O11. The molecule has 0 aliphatic heterocycles. The van der Waals surface area contributed by atoms with Crippen molar-refractivity contribution in [2.75, 3.05) is 55.9 Å². The van der Waals surface area contributed by atoms with Crippen molar-refractivity contribution in [1.29, 1.82) is 0 Å². The number of carbonyl (C=O) groups is 1. The normalized spacial score (nSPS) is 12.8. The summed E-state index contributed by atoms with van der Waals surface area (Å²) >= 11 is 0. The Hall–Kier alpha value is -3.77. The predicted octanol–water partition coefficient (Wildman–Crippen LogP) is 4.71. The number of methoxy groups -OCH3 is 6. The Morgan fingerprint density at radius 2 is 0.950 bits per heavy atom. The lowest BCUT2D eigenvalue weighted by Crippen LogP contribution is -2.23. The minimum Gasteiger partial charge on any atom is -0.493 e. The summed E-state index contributed by atoms with van der Waals surface area (Å²) in [4.78, 5) is 12.6. The molecule has 2 atom stereocenters. The molecule has 0 saturated carbocycles. The molecule has 0 saturated heterocycles. The van der Waals surface area contributed by atoms with Crippen LogP contribution in [-0.2, 0) is 23.7 Å². The van der Waals surface area contributed by atoms with E-state index in [2.05, 4.69) is 0 Å². The second-order valence-corrected chi connectivity index (χ2v) is 7.77. The van der Waals surface area contributed by atoms with Gasteiger partial charge in [-0.3, -0.25) is 4.79 Å². The van der Waals surface area contributed by atoms with Gasteiger partial charge in [0, 0.05) is 14.2 Å². The standard InChI is InChI=1S/C29H38O11/c1-9-37-28(35-7)39-26-22(31-3)15-19(16-23(26)32-4)11-13-21(30)14-12-20-17-24(33-5)27(25(18-20)34-6)40-29(36-8)38-10-2/h11-18,28-29H,9-10H2,1-8H3. The fourth-order valence-electron chi connectivity index (χ4n) is 3.40. The Labute approximate surface area is 235 Å². The lowest BCUT2D eigenvalue weighted by atomic mass is 10.1. The van der Waals surface area contributed by atoms with Gasteiger partial charge >= 0.3 is 13.0 Å². The quantitative estimate of drug-likeness (QED) is 0.186. The van der Waals surface area contributed by atoms with E-state index in [0.717, 1.165) is 0 Å². The van der Waals surface area contributed by atoms with Crippen LogP contribution in [0.3, 0.4) is 0 Å². The first-order valence-electron chi connectivity index (χ1n) is 12.4. The van der Waals surface area contributed by atoms with Gasteiger partial charge < -0.3 is 47.4 Å². The Morgan fingerprint density at radius 3 is 1.20 bits per heavy atom. The summed E-state index contributed by atoms with van der Waals surface area (Å²) in [6.45, 7) is 2.54. The van der Waals surface area contributed by atoms with Gasteiger partial charge in [0.25, 0.3) is 0 Å². The largest absolute Gasteiger partial charge is 0.493 e.